The van der Waals surface area contributed by atoms with Crippen molar-refractivity contribution in [3.63, 3.8) is 0 Å². The third-order valence-corrected chi connectivity index (χ3v) is 3.40. The SMILES string of the molecule is Cl.O=S(=O)(F)c1cccc(N2CCNCC2)c1. The van der Waals surface area contributed by atoms with Crippen LogP contribution >= 0.6 is 12.4 Å². The first-order valence-electron chi connectivity index (χ1n) is 5.08. The molecule has 1 N–H and O–H groups in total. The molecule has 0 radical (unpaired) electrons. The predicted molar refractivity (Wildman–Crippen MR) is 67.1 cm³/mol. The highest BCUT2D eigenvalue weighted by Gasteiger charge is 2.15. The molecular formula is C10H14ClFN2O2S. The molecule has 1 fully saturated rings. The van der Waals surface area contributed by atoms with Gasteiger partial charge in [0.1, 0.15) is 4.90 Å². The molecule has 1 heterocycles. The fourth-order valence-electron chi connectivity index (χ4n) is 1.75. The normalized spacial score (nSPS) is 16.4. The van der Waals surface area contributed by atoms with Gasteiger partial charge in [-0.25, -0.2) is 0 Å². The van der Waals surface area contributed by atoms with Crippen LogP contribution in [0.1, 0.15) is 0 Å². The maximum atomic E-state index is 12.8. The summed E-state index contributed by atoms with van der Waals surface area (Å²) in [6.07, 6.45) is 0. The second kappa shape index (κ2) is 5.66. The summed E-state index contributed by atoms with van der Waals surface area (Å²) in [7, 11) is -4.61. The van der Waals surface area contributed by atoms with Crippen molar-refractivity contribution in [2.75, 3.05) is 31.1 Å². The molecule has 0 bridgehead atoms. The molecule has 7 heteroatoms. The van der Waals surface area contributed by atoms with Gasteiger partial charge in [-0.2, -0.15) is 8.42 Å². The van der Waals surface area contributed by atoms with Gasteiger partial charge in [0.05, 0.1) is 0 Å². The van der Waals surface area contributed by atoms with E-state index in [2.05, 4.69) is 5.32 Å². The van der Waals surface area contributed by atoms with Crippen LogP contribution < -0.4 is 10.2 Å². The van der Waals surface area contributed by atoms with Crippen LogP contribution in [-0.4, -0.2) is 34.6 Å². The molecule has 1 aliphatic heterocycles. The lowest BCUT2D eigenvalue weighted by Gasteiger charge is -2.29. The van der Waals surface area contributed by atoms with Gasteiger partial charge in [-0.05, 0) is 18.2 Å². The number of anilines is 1. The summed E-state index contributed by atoms with van der Waals surface area (Å²) in [5, 5.41) is 3.20. The Balaban J connectivity index is 0.00000144. The van der Waals surface area contributed by atoms with Crippen LogP contribution in [0.2, 0.25) is 0 Å². The zero-order valence-electron chi connectivity index (χ0n) is 9.10. The van der Waals surface area contributed by atoms with Gasteiger partial charge in [0.2, 0.25) is 0 Å². The Bertz CT molecular complexity index is 475. The van der Waals surface area contributed by atoms with Crippen LogP contribution in [0.4, 0.5) is 9.57 Å². The largest absolute Gasteiger partial charge is 0.369 e. The molecule has 0 atom stereocenters. The molecule has 17 heavy (non-hydrogen) atoms. The van der Waals surface area contributed by atoms with Crippen LogP contribution in [0.5, 0.6) is 0 Å². The van der Waals surface area contributed by atoms with Crippen LogP contribution in [0.3, 0.4) is 0 Å². The molecule has 1 aliphatic rings. The van der Waals surface area contributed by atoms with E-state index in [0.717, 1.165) is 31.9 Å². The van der Waals surface area contributed by atoms with E-state index >= 15 is 0 Å². The third kappa shape index (κ3) is 3.55. The molecule has 1 aromatic carbocycles. The van der Waals surface area contributed by atoms with Crippen LogP contribution in [0.25, 0.3) is 0 Å². The average molecular weight is 281 g/mol. The molecule has 0 aliphatic carbocycles. The number of nitrogens with one attached hydrogen (secondary N) is 1. The van der Waals surface area contributed by atoms with Crippen molar-refractivity contribution in [3.8, 4) is 0 Å². The highest BCUT2D eigenvalue weighted by Crippen LogP contribution is 2.20. The van der Waals surface area contributed by atoms with E-state index in [0.29, 0.717) is 0 Å². The van der Waals surface area contributed by atoms with E-state index in [4.69, 9.17) is 0 Å². The Morgan fingerprint density at radius 3 is 2.47 bits per heavy atom. The van der Waals surface area contributed by atoms with Crippen LogP contribution in [0, 0.1) is 0 Å². The summed E-state index contributed by atoms with van der Waals surface area (Å²) < 4.78 is 34.4. The standard InChI is InChI=1S/C10H13FN2O2S.ClH/c11-16(14,15)10-3-1-2-9(8-10)13-6-4-12-5-7-13;/h1-3,8,12H,4-7H2;1H. The molecule has 1 aromatic rings. The van der Waals surface area contributed by atoms with E-state index < -0.39 is 10.2 Å². The van der Waals surface area contributed by atoms with Crippen molar-refractivity contribution in [2.45, 2.75) is 4.90 Å². The molecule has 2 rings (SSSR count). The first-order valence-corrected chi connectivity index (χ1v) is 6.46. The predicted octanol–water partition coefficient (Wildman–Crippen LogP) is 1.18. The number of hydrogen-bond acceptors (Lipinski definition) is 4. The fraction of sp³-hybridized carbons (Fsp3) is 0.400. The van der Waals surface area contributed by atoms with Gasteiger partial charge >= 0.3 is 10.2 Å². The summed E-state index contributed by atoms with van der Waals surface area (Å²) >= 11 is 0. The highest BCUT2D eigenvalue weighted by atomic mass is 35.5. The number of nitrogens with zero attached hydrogens (tertiary/aromatic N) is 1. The van der Waals surface area contributed by atoms with Crippen molar-refractivity contribution >= 4 is 28.3 Å². The van der Waals surface area contributed by atoms with E-state index in [-0.39, 0.29) is 17.3 Å². The summed E-state index contributed by atoms with van der Waals surface area (Å²) in [6.45, 7) is 3.31. The molecule has 0 saturated carbocycles. The molecule has 4 nitrogen and oxygen atoms in total. The van der Waals surface area contributed by atoms with Crippen LogP contribution in [0.15, 0.2) is 29.2 Å². The number of rotatable bonds is 2. The minimum absolute atomic E-state index is 0. The maximum absolute atomic E-state index is 12.8. The number of halogens is 2. The molecular weight excluding hydrogens is 267 g/mol. The number of hydrogen-bond donors (Lipinski definition) is 1. The quantitative estimate of drug-likeness (QED) is 0.827. The van der Waals surface area contributed by atoms with Gasteiger partial charge in [0.15, 0.2) is 0 Å². The Hall–Kier alpha value is -0.850. The van der Waals surface area contributed by atoms with Gasteiger partial charge in [0, 0.05) is 31.9 Å². The van der Waals surface area contributed by atoms with Crippen molar-refractivity contribution in [1.82, 2.24) is 5.32 Å². The van der Waals surface area contributed by atoms with Crippen molar-refractivity contribution in [2.24, 2.45) is 0 Å². The first kappa shape index (κ1) is 14.2. The summed E-state index contributed by atoms with van der Waals surface area (Å²) in [6, 6.07) is 5.99. The maximum Gasteiger partial charge on any atom is 0.332 e. The van der Waals surface area contributed by atoms with Gasteiger partial charge in [-0.1, -0.05) is 6.07 Å². The van der Waals surface area contributed by atoms with Gasteiger partial charge < -0.3 is 10.2 Å². The second-order valence-electron chi connectivity index (χ2n) is 3.67. The van der Waals surface area contributed by atoms with Crippen LogP contribution in [-0.2, 0) is 10.2 Å². The zero-order chi connectivity index (χ0) is 11.6. The molecule has 0 amide bonds. The Morgan fingerprint density at radius 1 is 1.24 bits per heavy atom. The van der Waals surface area contributed by atoms with E-state index in [1.165, 1.54) is 12.1 Å². The summed E-state index contributed by atoms with van der Waals surface area (Å²) in [4.78, 5) is 1.76. The van der Waals surface area contributed by atoms with E-state index in [1.54, 1.807) is 12.1 Å². The van der Waals surface area contributed by atoms with E-state index in [9.17, 15) is 12.3 Å². The highest BCUT2D eigenvalue weighted by molar-refractivity contribution is 7.86. The summed E-state index contributed by atoms with van der Waals surface area (Å²) in [5.41, 5.74) is 0.750. The second-order valence-corrected chi connectivity index (χ2v) is 5.02. The van der Waals surface area contributed by atoms with Crippen molar-refractivity contribution in [1.29, 1.82) is 0 Å². The number of benzene rings is 1. The minimum atomic E-state index is -4.61. The first-order chi connectivity index (χ1) is 7.57. The lowest BCUT2D eigenvalue weighted by atomic mass is 10.2. The molecule has 0 aromatic heterocycles. The van der Waals surface area contributed by atoms with Crippen molar-refractivity contribution in [3.05, 3.63) is 24.3 Å². The third-order valence-electron chi connectivity index (χ3n) is 2.58. The van der Waals surface area contributed by atoms with E-state index in [1.807, 2.05) is 4.90 Å². The van der Waals surface area contributed by atoms with Crippen molar-refractivity contribution < 1.29 is 12.3 Å². The lowest BCUT2D eigenvalue weighted by Crippen LogP contribution is -2.43. The molecule has 96 valence electrons. The van der Waals surface area contributed by atoms with Gasteiger partial charge in [-0.15, -0.1) is 16.3 Å². The summed E-state index contributed by atoms with van der Waals surface area (Å²) in [5.74, 6) is 0. The topological polar surface area (TPSA) is 49.4 Å². The smallest absolute Gasteiger partial charge is 0.332 e. The average Bonchev–Trinajstić information content (AvgIpc) is 2.29. The number of piperazine rings is 1. The lowest BCUT2D eigenvalue weighted by molar-refractivity contribution is 0.551. The monoisotopic (exact) mass is 280 g/mol. The Morgan fingerprint density at radius 2 is 1.88 bits per heavy atom. The fourth-order valence-corrected chi connectivity index (χ4v) is 2.26. The minimum Gasteiger partial charge on any atom is -0.369 e. The Kier molecular flexibility index (Phi) is 4.73. The molecule has 0 unspecified atom stereocenters. The van der Waals surface area contributed by atoms with Gasteiger partial charge in [-0.3, -0.25) is 0 Å². The van der Waals surface area contributed by atoms with Gasteiger partial charge in [0.25, 0.3) is 0 Å². The molecule has 1 saturated heterocycles. The zero-order valence-corrected chi connectivity index (χ0v) is 10.7. The molecule has 0 spiro atoms. The Labute approximate surface area is 106 Å².